The maximum absolute atomic E-state index is 11.4. The molecule has 16 heavy (non-hydrogen) atoms. The van der Waals surface area contributed by atoms with Crippen LogP contribution < -0.4 is 5.32 Å². The Kier molecular flexibility index (Phi) is 7.46. The minimum atomic E-state index is -0.444. The molecule has 1 heterocycles. The van der Waals surface area contributed by atoms with Crippen LogP contribution in [0.2, 0.25) is 0 Å². The number of nitrogens with zero attached hydrogens (tertiary/aromatic N) is 2. The Morgan fingerprint density at radius 3 is 3.06 bits per heavy atom. The van der Waals surface area contributed by atoms with Gasteiger partial charge >= 0.3 is 5.97 Å². The zero-order valence-electron chi connectivity index (χ0n) is 8.67. The molecule has 0 aliphatic heterocycles. The average molecular weight is 262 g/mol. The van der Waals surface area contributed by atoms with Crippen LogP contribution in [0, 0.1) is 11.3 Å². The highest BCUT2D eigenvalue weighted by Gasteiger charge is 2.18. The van der Waals surface area contributed by atoms with Gasteiger partial charge in [0.05, 0.1) is 11.2 Å². The average Bonchev–Trinajstić information content (AvgIpc) is 2.75. The highest BCUT2D eigenvalue weighted by atomic mass is 35.5. The molecule has 0 aliphatic carbocycles. The summed E-state index contributed by atoms with van der Waals surface area (Å²) in [5.74, 6) is -0.424. The Labute approximate surface area is 104 Å². The van der Waals surface area contributed by atoms with Gasteiger partial charge in [-0.2, -0.15) is 5.26 Å². The Balaban J connectivity index is 0.00000225. The standard InChI is InChI=1S/C9H11N3O2S.ClH/c1-11-8(9(13)14-3-2-10)4-7-5-15-6-12-7;/h5-6,8,11H,3-4H2,1H3;1H/t8-;/m0./s1. The molecule has 7 heteroatoms. The van der Waals surface area contributed by atoms with E-state index in [2.05, 4.69) is 10.3 Å². The van der Waals surface area contributed by atoms with Crippen LogP contribution in [0.3, 0.4) is 0 Å². The largest absolute Gasteiger partial charge is 0.449 e. The summed E-state index contributed by atoms with van der Waals surface area (Å²) in [6, 6.07) is 1.31. The van der Waals surface area contributed by atoms with Crippen LogP contribution in [0.1, 0.15) is 5.69 Å². The third-order valence-corrected chi connectivity index (χ3v) is 2.44. The summed E-state index contributed by atoms with van der Waals surface area (Å²) < 4.78 is 4.71. The van der Waals surface area contributed by atoms with Gasteiger partial charge in [-0.3, -0.25) is 4.79 Å². The number of carbonyl (C=O) groups is 1. The molecule has 1 atom stereocenters. The predicted molar refractivity (Wildman–Crippen MR) is 62.5 cm³/mol. The molecule has 1 rings (SSSR count). The monoisotopic (exact) mass is 261 g/mol. The Morgan fingerprint density at radius 2 is 2.56 bits per heavy atom. The van der Waals surface area contributed by atoms with Gasteiger partial charge in [0.25, 0.3) is 0 Å². The lowest BCUT2D eigenvalue weighted by atomic mass is 10.2. The van der Waals surface area contributed by atoms with Gasteiger partial charge in [0.1, 0.15) is 12.1 Å². The van der Waals surface area contributed by atoms with Gasteiger partial charge in [-0.1, -0.05) is 0 Å². The SMILES string of the molecule is CN[C@@H](Cc1cscn1)C(=O)OCC#N.Cl. The first-order valence-corrected chi connectivity index (χ1v) is 5.30. The van der Waals surface area contributed by atoms with Gasteiger partial charge in [-0.15, -0.1) is 23.7 Å². The molecular weight excluding hydrogens is 250 g/mol. The Bertz CT molecular complexity index is 350. The first-order valence-electron chi connectivity index (χ1n) is 4.36. The molecule has 1 aromatic rings. The van der Waals surface area contributed by atoms with Gasteiger partial charge in [-0.05, 0) is 7.05 Å². The van der Waals surface area contributed by atoms with Crippen molar-refractivity contribution in [3.8, 4) is 6.07 Å². The molecule has 5 nitrogen and oxygen atoms in total. The van der Waals surface area contributed by atoms with E-state index in [1.165, 1.54) is 11.3 Å². The van der Waals surface area contributed by atoms with Crippen LogP contribution in [0.25, 0.3) is 0 Å². The van der Waals surface area contributed by atoms with Crippen LogP contribution in [-0.4, -0.2) is 30.6 Å². The quantitative estimate of drug-likeness (QED) is 0.792. The topological polar surface area (TPSA) is 75.0 Å². The first-order chi connectivity index (χ1) is 7.27. The smallest absolute Gasteiger partial charge is 0.324 e. The summed E-state index contributed by atoms with van der Waals surface area (Å²) in [4.78, 5) is 15.5. The third kappa shape index (κ3) is 4.57. The van der Waals surface area contributed by atoms with Crippen molar-refractivity contribution in [3.05, 3.63) is 16.6 Å². The third-order valence-electron chi connectivity index (χ3n) is 1.81. The molecule has 0 bridgehead atoms. The molecule has 0 saturated heterocycles. The van der Waals surface area contributed by atoms with E-state index in [9.17, 15) is 4.79 Å². The minimum Gasteiger partial charge on any atom is -0.449 e. The van der Waals surface area contributed by atoms with E-state index < -0.39 is 12.0 Å². The lowest BCUT2D eigenvalue weighted by Crippen LogP contribution is -2.37. The molecule has 0 aromatic carbocycles. The van der Waals surface area contributed by atoms with Crippen molar-refractivity contribution in [3.63, 3.8) is 0 Å². The summed E-state index contributed by atoms with van der Waals surface area (Å²) in [6.07, 6.45) is 0.476. The number of hydrogen-bond acceptors (Lipinski definition) is 6. The lowest BCUT2D eigenvalue weighted by molar-refractivity contribution is -0.144. The molecule has 0 spiro atoms. The van der Waals surface area contributed by atoms with E-state index in [-0.39, 0.29) is 19.0 Å². The van der Waals surface area contributed by atoms with Crippen molar-refractivity contribution in [2.45, 2.75) is 12.5 Å². The molecule has 0 amide bonds. The number of rotatable bonds is 5. The van der Waals surface area contributed by atoms with Crippen molar-refractivity contribution in [1.82, 2.24) is 10.3 Å². The highest BCUT2D eigenvalue weighted by Crippen LogP contribution is 2.05. The summed E-state index contributed by atoms with van der Waals surface area (Å²) in [5, 5.41) is 13.0. The molecule has 88 valence electrons. The summed E-state index contributed by atoms with van der Waals surface area (Å²) in [6.45, 7) is -0.214. The van der Waals surface area contributed by atoms with Crippen LogP contribution in [0.5, 0.6) is 0 Å². The van der Waals surface area contributed by atoms with Crippen LogP contribution in [0.4, 0.5) is 0 Å². The van der Waals surface area contributed by atoms with E-state index in [0.717, 1.165) is 5.69 Å². The van der Waals surface area contributed by atoms with E-state index in [4.69, 9.17) is 10.00 Å². The number of hydrogen-bond donors (Lipinski definition) is 1. The fourth-order valence-corrected chi connectivity index (χ4v) is 1.63. The molecule has 0 radical (unpaired) electrons. The van der Waals surface area contributed by atoms with Crippen molar-refractivity contribution >= 4 is 29.7 Å². The fraction of sp³-hybridized carbons (Fsp3) is 0.444. The van der Waals surface area contributed by atoms with E-state index in [0.29, 0.717) is 6.42 Å². The normalized spacial score (nSPS) is 11.0. The summed E-state index contributed by atoms with van der Waals surface area (Å²) in [7, 11) is 1.67. The van der Waals surface area contributed by atoms with Gasteiger partial charge in [0.15, 0.2) is 6.61 Å². The summed E-state index contributed by atoms with van der Waals surface area (Å²) in [5.41, 5.74) is 2.55. The lowest BCUT2D eigenvalue weighted by Gasteiger charge is -2.12. The molecule has 0 unspecified atom stereocenters. The second kappa shape index (κ2) is 8.05. The number of carbonyl (C=O) groups excluding carboxylic acids is 1. The second-order valence-electron chi connectivity index (χ2n) is 2.79. The number of thiazole rings is 1. The maximum atomic E-state index is 11.4. The van der Waals surface area contributed by atoms with E-state index in [1.807, 2.05) is 5.38 Å². The van der Waals surface area contributed by atoms with Gasteiger partial charge in [0, 0.05) is 11.8 Å². The number of esters is 1. The molecule has 0 aliphatic rings. The molecule has 0 saturated carbocycles. The maximum Gasteiger partial charge on any atom is 0.324 e. The molecular formula is C9H12ClN3O2S. The van der Waals surface area contributed by atoms with Crippen molar-refractivity contribution in [2.24, 2.45) is 0 Å². The van der Waals surface area contributed by atoms with E-state index in [1.54, 1.807) is 18.6 Å². The number of halogens is 1. The van der Waals surface area contributed by atoms with Gasteiger partial charge in [-0.25, -0.2) is 4.98 Å². The number of nitrogens with one attached hydrogen (secondary N) is 1. The second-order valence-corrected chi connectivity index (χ2v) is 3.51. The zero-order chi connectivity index (χ0) is 11.1. The van der Waals surface area contributed by atoms with Crippen molar-refractivity contribution < 1.29 is 9.53 Å². The molecule has 1 N–H and O–H groups in total. The van der Waals surface area contributed by atoms with Crippen LogP contribution >= 0.6 is 23.7 Å². The number of nitriles is 1. The van der Waals surface area contributed by atoms with Gasteiger partial charge in [0.2, 0.25) is 0 Å². The molecule has 0 fully saturated rings. The summed E-state index contributed by atoms with van der Waals surface area (Å²) >= 11 is 1.48. The fourth-order valence-electron chi connectivity index (χ4n) is 1.05. The number of ether oxygens (including phenoxy) is 1. The Morgan fingerprint density at radius 1 is 1.81 bits per heavy atom. The Hall–Kier alpha value is -1.16. The first kappa shape index (κ1) is 14.8. The predicted octanol–water partition coefficient (Wildman–Crippen LogP) is 0.762. The highest BCUT2D eigenvalue weighted by molar-refractivity contribution is 7.07. The van der Waals surface area contributed by atoms with Crippen LogP contribution in [-0.2, 0) is 16.0 Å². The van der Waals surface area contributed by atoms with Crippen LogP contribution in [0.15, 0.2) is 10.9 Å². The minimum absolute atomic E-state index is 0. The van der Waals surface area contributed by atoms with Crippen molar-refractivity contribution in [1.29, 1.82) is 5.26 Å². The molecule has 1 aromatic heterocycles. The zero-order valence-corrected chi connectivity index (χ0v) is 10.3. The van der Waals surface area contributed by atoms with E-state index >= 15 is 0 Å². The van der Waals surface area contributed by atoms with Crippen molar-refractivity contribution in [2.75, 3.05) is 13.7 Å². The number of likely N-dealkylation sites (N-methyl/N-ethyl adjacent to an activating group) is 1. The van der Waals surface area contributed by atoms with Gasteiger partial charge < -0.3 is 10.1 Å². The number of aromatic nitrogens is 1.